The Morgan fingerprint density at radius 1 is 1.18 bits per heavy atom. The Kier molecular flexibility index (Phi) is 4.27. The van der Waals surface area contributed by atoms with Gasteiger partial charge in [0.25, 0.3) is 0 Å². The molecule has 1 fully saturated rings. The van der Waals surface area contributed by atoms with E-state index in [2.05, 4.69) is 0 Å². The second-order valence-corrected chi connectivity index (χ2v) is 7.06. The average Bonchev–Trinajstić information content (AvgIpc) is 2.35. The molecule has 0 radical (unpaired) electrons. The van der Waals surface area contributed by atoms with Gasteiger partial charge in [-0.1, -0.05) is 18.2 Å². The highest BCUT2D eigenvalue weighted by Gasteiger charge is 2.35. The minimum atomic E-state index is -3.92. The summed E-state index contributed by atoms with van der Waals surface area (Å²) in [6.45, 7) is -0.988. The molecule has 0 saturated carbocycles. The number of nitrogens with two attached hydrogens (primary N) is 1. The van der Waals surface area contributed by atoms with Gasteiger partial charge in [0, 0.05) is 0 Å². The van der Waals surface area contributed by atoms with E-state index in [0.29, 0.717) is 4.90 Å². The molecule has 1 saturated heterocycles. The van der Waals surface area contributed by atoms with Crippen molar-refractivity contribution in [2.45, 2.75) is 11.7 Å². The normalized spacial score (nSPS) is 26.6. The number of hydrogen-bond acceptors (Lipinski definition) is 6. The number of rotatable bonds is 2. The van der Waals surface area contributed by atoms with Crippen LogP contribution in [-0.4, -0.2) is 47.0 Å². The van der Waals surface area contributed by atoms with E-state index in [1.165, 1.54) is 31.1 Å². The zero-order valence-electron chi connectivity index (χ0n) is 12.2. The molecule has 0 amide bonds. The Balaban J connectivity index is 2.43. The van der Waals surface area contributed by atoms with Crippen molar-refractivity contribution in [3.8, 4) is 0 Å². The SMILES string of the molecule is C[NH+]1CC(=O)O[B-](C)(c2cccc(S(N)(=O)=O)c2)OC(=O)C1. The molecule has 0 aromatic heterocycles. The van der Waals surface area contributed by atoms with Crippen LogP contribution in [0.5, 0.6) is 0 Å². The van der Waals surface area contributed by atoms with Crippen LogP contribution in [0.15, 0.2) is 29.2 Å². The third-order valence-corrected chi connectivity index (χ3v) is 4.31. The first-order valence-electron chi connectivity index (χ1n) is 6.66. The van der Waals surface area contributed by atoms with Crippen molar-refractivity contribution in [2.75, 3.05) is 20.1 Å². The molecule has 1 aromatic rings. The Morgan fingerprint density at radius 2 is 1.73 bits per heavy atom. The van der Waals surface area contributed by atoms with Crippen molar-refractivity contribution in [3.63, 3.8) is 0 Å². The number of primary sulfonamides is 1. The predicted octanol–water partition coefficient (Wildman–Crippen LogP) is -2.77. The third-order valence-electron chi connectivity index (χ3n) is 3.40. The summed E-state index contributed by atoms with van der Waals surface area (Å²) in [4.78, 5) is 24.2. The standard InChI is InChI=1S/C12H16BN2O6S/c1-13(9-4-3-5-10(6-9)22(14,18)19)20-11(16)7-15(2)8-12(17)21-13/h3-6H,7-8H2,1-2H3,(H2,14,18,19)/q-1/p+1. The van der Waals surface area contributed by atoms with Crippen LogP contribution in [0.2, 0.25) is 6.82 Å². The number of carbonyl (C=O) groups excluding carboxylic acids is 2. The van der Waals surface area contributed by atoms with Crippen LogP contribution in [0.3, 0.4) is 0 Å². The highest BCUT2D eigenvalue weighted by atomic mass is 32.2. The van der Waals surface area contributed by atoms with Gasteiger partial charge in [0.2, 0.25) is 10.0 Å². The van der Waals surface area contributed by atoms with Crippen LogP contribution in [0.4, 0.5) is 0 Å². The summed E-state index contributed by atoms with van der Waals surface area (Å²) in [6.07, 6.45) is 0. The first-order valence-corrected chi connectivity index (χ1v) is 8.21. The fourth-order valence-corrected chi connectivity index (χ4v) is 2.89. The van der Waals surface area contributed by atoms with Gasteiger partial charge >= 0.3 is 18.5 Å². The molecule has 1 heterocycles. The van der Waals surface area contributed by atoms with Crippen molar-refractivity contribution >= 4 is 34.0 Å². The Hall–Kier alpha value is -1.91. The highest BCUT2D eigenvalue weighted by Crippen LogP contribution is 2.13. The van der Waals surface area contributed by atoms with Crippen LogP contribution in [0, 0.1) is 0 Å². The monoisotopic (exact) mass is 328 g/mol. The number of sulfonamides is 1. The minimum absolute atomic E-state index is 0.0152. The summed E-state index contributed by atoms with van der Waals surface area (Å²) in [5.41, 5.74) is 0.271. The summed E-state index contributed by atoms with van der Waals surface area (Å²) in [5, 5.41) is 5.09. The number of hydrogen-bond donors (Lipinski definition) is 2. The maximum atomic E-state index is 11.9. The topological polar surface area (TPSA) is 117 Å². The molecule has 8 nitrogen and oxygen atoms in total. The first-order chi connectivity index (χ1) is 10.1. The van der Waals surface area contributed by atoms with Crippen LogP contribution < -0.4 is 15.5 Å². The summed E-state index contributed by atoms with van der Waals surface area (Å²) in [6, 6.07) is 5.52. The van der Waals surface area contributed by atoms with Gasteiger partial charge in [0.1, 0.15) is 0 Å². The molecule has 0 spiro atoms. The number of likely N-dealkylation sites (N-methyl/N-ethyl adjacent to an activating group) is 1. The zero-order chi connectivity index (χ0) is 16.5. The van der Waals surface area contributed by atoms with Gasteiger partial charge in [0.15, 0.2) is 13.1 Å². The lowest BCUT2D eigenvalue weighted by Crippen LogP contribution is -3.11. The van der Waals surface area contributed by atoms with Crippen molar-refractivity contribution in [2.24, 2.45) is 5.14 Å². The minimum Gasteiger partial charge on any atom is -0.649 e. The molecule has 0 aliphatic carbocycles. The maximum Gasteiger partial charge on any atom is 0.377 e. The van der Waals surface area contributed by atoms with E-state index in [9.17, 15) is 18.0 Å². The molecule has 0 atom stereocenters. The van der Waals surface area contributed by atoms with Crippen LogP contribution in [-0.2, 0) is 28.9 Å². The van der Waals surface area contributed by atoms with Crippen LogP contribution in [0.1, 0.15) is 0 Å². The van der Waals surface area contributed by atoms with Crippen LogP contribution >= 0.6 is 0 Å². The van der Waals surface area contributed by atoms with Crippen molar-refractivity contribution in [1.82, 2.24) is 0 Å². The van der Waals surface area contributed by atoms with Gasteiger partial charge in [-0.3, -0.25) is 9.59 Å². The van der Waals surface area contributed by atoms with Crippen LogP contribution in [0.25, 0.3) is 0 Å². The fraction of sp³-hybridized carbons (Fsp3) is 0.333. The number of carbonyl (C=O) groups is 2. The van der Waals surface area contributed by atoms with Gasteiger partial charge in [-0.05, 0) is 6.07 Å². The quantitative estimate of drug-likeness (QED) is 0.568. The average molecular weight is 328 g/mol. The molecule has 22 heavy (non-hydrogen) atoms. The van der Waals surface area contributed by atoms with E-state index in [-0.39, 0.29) is 23.4 Å². The molecule has 2 rings (SSSR count). The largest absolute Gasteiger partial charge is 0.649 e. The maximum absolute atomic E-state index is 11.9. The Bertz CT molecular complexity index is 700. The molecule has 1 aliphatic rings. The summed E-state index contributed by atoms with van der Waals surface area (Å²) >= 11 is 0. The molecule has 1 aromatic carbocycles. The molecule has 1 aliphatic heterocycles. The van der Waals surface area contributed by atoms with Gasteiger partial charge in [0.05, 0.1) is 11.9 Å². The first kappa shape index (κ1) is 16.5. The van der Waals surface area contributed by atoms with E-state index in [4.69, 9.17) is 14.4 Å². The molecule has 10 heteroatoms. The van der Waals surface area contributed by atoms with E-state index in [0.717, 1.165) is 0 Å². The molecular weight excluding hydrogens is 311 g/mol. The van der Waals surface area contributed by atoms with E-state index >= 15 is 0 Å². The lowest BCUT2D eigenvalue weighted by molar-refractivity contribution is -0.864. The van der Waals surface area contributed by atoms with Crippen molar-refractivity contribution in [1.29, 1.82) is 0 Å². The predicted molar refractivity (Wildman–Crippen MR) is 77.9 cm³/mol. The number of benzene rings is 1. The Labute approximate surface area is 128 Å². The number of nitrogens with one attached hydrogen (secondary N) is 1. The second-order valence-electron chi connectivity index (χ2n) is 5.50. The number of quaternary nitrogens is 1. The molecule has 0 unspecified atom stereocenters. The van der Waals surface area contributed by atoms with Crippen molar-refractivity contribution < 1.29 is 32.2 Å². The van der Waals surface area contributed by atoms with Gasteiger partial charge in [-0.15, -0.1) is 12.3 Å². The smallest absolute Gasteiger partial charge is 0.377 e. The summed E-state index contributed by atoms with van der Waals surface area (Å²) in [5.74, 6) is -1.07. The molecule has 3 N–H and O–H groups in total. The molecule has 0 bridgehead atoms. The molecule has 120 valence electrons. The van der Waals surface area contributed by atoms with Crippen molar-refractivity contribution in [3.05, 3.63) is 24.3 Å². The highest BCUT2D eigenvalue weighted by molar-refractivity contribution is 7.89. The van der Waals surface area contributed by atoms with Gasteiger partial charge < -0.3 is 14.2 Å². The summed E-state index contributed by atoms with van der Waals surface area (Å²) in [7, 11) is -2.25. The van der Waals surface area contributed by atoms with Gasteiger partial charge in [-0.25, -0.2) is 13.6 Å². The zero-order valence-corrected chi connectivity index (χ0v) is 13.1. The lowest BCUT2D eigenvalue weighted by Gasteiger charge is -2.40. The summed E-state index contributed by atoms with van der Waals surface area (Å²) < 4.78 is 33.5. The third kappa shape index (κ3) is 3.64. The Morgan fingerprint density at radius 3 is 2.23 bits per heavy atom. The lowest BCUT2D eigenvalue weighted by atomic mass is 9.53. The van der Waals surface area contributed by atoms with E-state index in [1.807, 2.05) is 0 Å². The molecular formula is C12H17BN2O6S. The van der Waals surface area contributed by atoms with Gasteiger partial charge in [-0.2, -0.15) is 0 Å². The second kappa shape index (κ2) is 5.71. The van der Waals surface area contributed by atoms with E-state index < -0.39 is 28.5 Å². The van der Waals surface area contributed by atoms with E-state index in [1.54, 1.807) is 7.05 Å². The fourth-order valence-electron chi connectivity index (χ4n) is 2.32.